The molecule has 0 aliphatic heterocycles. The van der Waals surface area contributed by atoms with E-state index in [1.54, 1.807) is 23.9 Å². The highest BCUT2D eigenvalue weighted by molar-refractivity contribution is 7.18. The summed E-state index contributed by atoms with van der Waals surface area (Å²) in [7, 11) is 0. The van der Waals surface area contributed by atoms with Crippen LogP contribution in [0, 0.1) is 13.8 Å². The number of imidazole rings is 1. The molecule has 0 atom stereocenters. The lowest BCUT2D eigenvalue weighted by atomic mass is 10.2. The van der Waals surface area contributed by atoms with E-state index in [9.17, 15) is 0 Å². The van der Waals surface area contributed by atoms with Crippen LogP contribution in [0.4, 0.5) is 5.82 Å². The van der Waals surface area contributed by atoms with Gasteiger partial charge in [-0.05, 0) is 19.4 Å². The summed E-state index contributed by atoms with van der Waals surface area (Å²) < 4.78 is 0. The smallest absolute Gasteiger partial charge is 0.138 e. The van der Waals surface area contributed by atoms with Crippen molar-refractivity contribution in [1.82, 2.24) is 19.9 Å². The number of hydrogen-bond acceptors (Lipinski definition) is 5. The third kappa shape index (κ3) is 1.84. The van der Waals surface area contributed by atoms with Crippen molar-refractivity contribution in [3.8, 4) is 0 Å². The van der Waals surface area contributed by atoms with Gasteiger partial charge in [0.15, 0.2) is 0 Å². The molecule has 0 saturated heterocycles. The maximum atomic E-state index is 4.32. The van der Waals surface area contributed by atoms with Crippen LogP contribution in [-0.4, -0.2) is 19.9 Å². The maximum absolute atomic E-state index is 4.32. The summed E-state index contributed by atoms with van der Waals surface area (Å²) in [6.07, 6.45) is 5.15. The van der Waals surface area contributed by atoms with E-state index >= 15 is 0 Å². The third-order valence-corrected chi connectivity index (χ3v) is 4.06. The second-order valence-corrected chi connectivity index (χ2v) is 5.28. The molecule has 2 N–H and O–H groups in total. The highest BCUT2D eigenvalue weighted by atomic mass is 32.1. The fourth-order valence-corrected chi connectivity index (χ4v) is 2.88. The number of aryl methyl sites for hydroxylation is 2. The number of nitrogens with one attached hydrogen (secondary N) is 2. The summed E-state index contributed by atoms with van der Waals surface area (Å²) in [5.74, 6) is 1.77. The number of rotatable bonds is 3. The number of nitrogens with zero attached hydrogens (tertiary/aromatic N) is 3. The van der Waals surface area contributed by atoms with E-state index in [-0.39, 0.29) is 0 Å². The average molecular weight is 259 g/mol. The summed E-state index contributed by atoms with van der Waals surface area (Å²) in [5.41, 5.74) is 1.25. The van der Waals surface area contributed by atoms with Crippen LogP contribution < -0.4 is 5.32 Å². The molecule has 0 spiro atoms. The van der Waals surface area contributed by atoms with Gasteiger partial charge >= 0.3 is 0 Å². The molecule has 0 saturated carbocycles. The van der Waals surface area contributed by atoms with Crippen molar-refractivity contribution >= 4 is 27.4 Å². The fourth-order valence-electron chi connectivity index (χ4n) is 1.88. The number of hydrogen-bond donors (Lipinski definition) is 2. The first-order valence-electron chi connectivity index (χ1n) is 5.68. The minimum Gasteiger partial charge on any atom is -0.362 e. The molecule has 3 aromatic rings. The third-order valence-electron chi connectivity index (χ3n) is 2.94. The molecule has 92 valence electrons. The van der Waals surface area contributed by atoms with E-state index in [0.29, 0.717) is 6.54 Å². The van der Waals surface area contributed by atoms with Gasteiger partial charge in [0.25, 0.3) is 0 Å². The Morgan fingerprint density at radius 1 is 1.28 bits per heavy atom. The molecule has 18 heavy (non-hydrogen) atoms. The van der Waals surface area contributed by atoms with Gasteiger partial charge in [-0.15, -0.1) is 11.3 Å². The summed E-state index contributed by atoms with van der Waals surface area (Å²) in [5, 5.41) is 4.42. The lowest BCUT2D eigenvalue weighted by Gasteiger charge is -2.05. The van der Waals surface area contributed by atoms with Crippen LogP contribution in [0.3, 0.4) is 0 Å². The van der Waals surface area contributed by atoms with Crippen molar-refractivity contribution in [2.45, 2.75) is 20.4 Å². The van der Waals surface area contributed by atoms with Crippen LogP contribution in [0.2, 0.25) is 0 Å². The summed E-state index contributed by atoms with van der Waals surface area (Å²) >= 11 is 1.70. The van der Waals surface area contributed by atoms with E-state index in [2.05, 4.69) is 39.1 Å². The quantitative estimate of drug-likeness (QED) is 0.759. The molecule has 0 amide bonds. The van der Waals surface area contributed by atoms with Crippen LogP contribution in [0.15, 0.2) is 18.7 Å². The Balaban J connectivity index is 1.96. The summed E-state index contributed by atoms with van der Waals surface area (Å²) in [6, 6.07) is 0. The van der Waals surface area contributed by atoms with Gasteiger partial charge in [0.2, 0.25) is 0 Å². The van der Waals surface area contributed by atoms with Crippen LogP contribution in [0.25, 0.3) is 10.2 Å². The number of aromatic amines is 1. The van der Waals surface area contributed by atoms with E-state index in [0.717, 1.165) is 21.9 Å². The first-order chi connectivity index (χ1) is 8.75. The highest BCUT2D eigenvalue weighted by Gasteiger charge is 2.11. The Kier molecular flexibility index (Phi) is 2.71. The Hall–Kier alpha value is -1.95. The van der Waals surface area contributed by atoms with Gasteiger partial charge in [-0.3, -0.25) is 0 Å². The lowest BCUT2D eigenvalue weighted by molar-refractivity contribution is 0.988. The molecular weight excluding hydrogens is 246 g/mol. The van der Waals surface area contributed by atoms with Gasteiger partial charge in [-0.25, -0.2) is 15.0 Å². The molecule has 6 heteroatoms. The zero-order valence-electron chi connectivity index (χ0n) is 10.2. The molecule has 3 heterocycles. The SMILES string of the molecule is Cc1sc2ncnc(NCc3ncc[nH]3)c2c1C. The Labute approximate surface area is 108 Å². The zero-order chi connectivity index (χ0) is 12.5. The predicted octanol–water partition coefficient (Wildman–Crippen LogP) is 2.64. The topological polar surface area (TPSA) is 66.5 Å². The highest BCUT2D eigenvalue weighted by Crippen LogP contribution is 2.32. The Bertz CT molecular complexity index is 671. The normalized spacial score (nSPS) is 11.0. The monoisotopic (exact) mass is 259 g/mol. The van der Waals surface area contributed by atoms with Crippen LogP contribution in [-0.2, 0) is 6.54 Å². The second-order valence-electron chi connectivity index (χ2n) is 4.08. The van der Waals surface area contributed by atoms with Gasteiger partial charge in [0.05, 0.1) is 11.9 Å². The summed E-state index contributed by atoms with van der Waals surface area (Å²) in [6.45, 7) is 4.85. The maximum Gasteiger partial charge on any atom is 0.138 e. The molecule has 0 aromatic carbocycles. The van der Waals surface area contributed by atoms with E-state index in [1.165, 1.54) is 10.4 Å². The predicted molar refractivity (Wildman–Crippen MR) is 72.8 cm³/mol. The van der Waals surface area contributed by atoms with E-state index in [1.807, 2.05) is 6.20 Å². The largest absolute Gasteiger partial charge is 0.362 e. The van der Waals surface area contributed by atoms with Crippen LogP contribution >= 0.6 is 11.3 Å². The van der Waals surface area contributed by atoms with Crippen LogP contribution in [0.5, 0.6) is 0 Å². The molecule has 0 radical (unpaired) electrons. The first kappa shape index (κ1) is 11.2. The second kappa shape index (κ2) is 4.38. The average Bonchev–Trinajstić information content (AvgIpc) is 2.97. The van der Waals surface area contributed by atoms with E-state index < -0.39 is 0 Å². The van der Waals surface area contributed by atoms with Gasteiger partial charge < -0.3 is 10.3 Å². The number of aromatic nitrogens is 4. The van der Waals surface area contributed by atoms with Crippen molar-refractivity contribution < 1.29 is 0 Å². The van der Waals surface area contributed by atoms with Gasteiger partial charge in [0, 0.05) is 17.3 Å². The minimum absolute atomic E-state index is 0.632. The van der Waals surface area contributed by atoms with Crippen molar-refractivity contribution in [2.75, 3.05) is 5.32 Å². The molecule has 0 aliphatic rings. The van der Waals surface area contributed by atoms with Gasteiger partial charge in [-0.2, -0.15) is 0 Å². The Morgan fingerprint density at radius 2 is 2.17 bits per heavy atom. The molecule has 0 aliphatic carbocycles. The fraction of sp³-hybridized carbons (Fsp3) is 0.250. The molecule has 0 bridgehead atoms. The Morgan fingerprint density at radius 3 is 2.94 bits per heavy atom. The number of anilines is 1. The molecule has 3 rings (SSSR count). The lowest BCUT2D eigenvalue weighted by Crippen LogP contribution is -2.03. The summed E-state index contributed by atoms with van der Waals surface area (Å²) in [4.78, 5) is 18.2. The van der Waals surface area contributed by atoms with Crippen molar-refractivity contribution in [3.05, 3.63) is 35.0 Å². The van der Waals surface area contributed by atoms with Gasteiger partial charge in [-0.1, -0.05) is 0 Å². The molecule has 3 aromatic heterocycles. The van der Waals surface area contributed by atoms with Crippen molar-refractivity contribution in [2.24, 2.45) is 0 Å². The number of H-pyrrole nitrogens is 1. The number of fused-ring (bicyclic) bond motifs is 1. The van der Waals surface area contributed by atoms with E-state index in [4.69, 9.17) is 0 Å². The molecular formula is C12H13N5S. The standard InChI is InChI=1S/C12H13N5S/c1-7-8(2)18-12-10(7)11(16-6-17-12)15-5-9-13-3-4-14-9/h3-4,6H,5H2,1-2H3,(H,13,14)(H,15,16,17). The van der Waals surface area contributed by atoms with Crippen LogP contribution in [0.1, 0.15) is 16.3 Å². The number of thiophene rings is 1. The molecule has 5 nitrogen and oxygen atoms in total. The molecule has 0 fully saturated rings. The zero-order valence-corrected chi connectivity index (χ0v) is 11.0. The van der Waals surface area contributed by atoms with Crippen molar-refractivity contribution in [1.29, 1.82) is 0 Å². The van der Waals surface area contributed by atoms with Gasteiger partial charge in [0.1, 0.15) is 22.8 Å². The molecule has 0 unspecified atom stereocenters. The van der Waals surface area contributed by atoms with Crippen molar-refractivity contribution in [3.63, 3.8) is 0 Å². The first-order valence-corrected chi connectivity index (χ1v) is 6.50. The minimum atomic E-state index is 0.632.